The second-order valence-corrected chi connectivity index (χ2v) is 5.30. The summed E-state index contributed by atoms with van der Waals surface area (Å²) in [5, 5.41) is 3.35. The van der Waals surface area contributed by atoms with E-state index < -0.39 is 11.7 Å². The van der Waals surface area contributed by atoms with Crippen molar-refractivity contribution in [1.82, 2.24) is 5.32 Å². The number of halogens is 3. The van der Waals surface area contributed by atoms with Crippen molar-refractivity contribution in [2.75, 3.05) is 13.1 Å². The van der Waals surface area contributed by atoms with E-state index in [0.717, 1.165) is 25.1 Å². The molecule has 2 rings (SSSR count). The Balaban J connectivity index is 1.89. The lowest BCUT2D eigenvalue weighted by molar-refractivity contribution is -0.137. The van der Waals surface area contributed by atoms with E-state index in [4.69, 9.17) is 0 Å². The molecule has 0 heterocycles. The lowest BCUT2D eigenvalue weighted by atomic mass is 9.70. The Hall–Kier alpha value is -1.03. The van der Waals surface area contributed by atoms with E-state index in [1.165, 1.54) is 25.0 Å². The summed E-state index contributed by atoms with van der Waals surface area (Å²) in [7, 11) is 0. The van der Waals surface area contributed by atoms with Crippen molar-refractivity contribution >= 4 is 0 Å². The van der Waals surface area contributed by atoms with E-state index in [2.05, 4.69) is 12.2 Å². The molecule has 19 heavy (non-hydrogen) atoms. The molecule has 0 spiro atoms. The van der Waals surface area contributed by atoms with Crippen LogP contribution in [0.15, 0.2) is 24.3 Å². The van der Waals surface area contributed by atoms with Gasteiger partial charge >= 0.3 is 6.18 Å². The van der Waals surface area contributed by atoms with Crippen molar-refractivity contribution < 1.29 is 13.2 Å². The molecule has 0 saturated heterocycles. The summed E-state index contributed by atoms with van der Waals surface area (Å²) in [6.45, 7) is 4.09. The van der Waals surface area contributed by atoms with Gasteiger partial charge in [-0.05, 0) is 61.9 Å². The van der Waals surface area contributed by atoms with E-state index in [1.807, 2.05) is 0 Å². The molecular weight excluding hydrogens is 251 g/mol. The minimum atomic E-state index is -4.23. The van der Waals surface area contributed by atoms with Crippen LogP contribution in [0.3, 0.4) is 0 Å². The highest BCUT2D eigenvalue weighted by Crippen LogP contribution is 2.37. The number of hydrogen-bond acceptors (Lipinski definition) is 1. The molecule has 1 aliphatic rings. The van der Waals surface area contributed by atoms with Gasteiger partial charge in [-0.25, -0.2) is 0 Å². The second kappa shape index (κ2) is 5.95. The third kappa shape index (κ3) is 3.72. The van der Waals surface area contributed by atoms with Crippen LogP contribution in [0, 0.1) is 11.8 Å². The summed E-state index contributed by atoms with van der Waals surface area (Å²) in [5.41, 5.74) is 0.452. The summed E-state index contributed by atoms with van der Waals surface area (Å²) < 4.78 is 37.4. The molecule has 0 bridgehead atoms. The minimum absolute atomic E-state index is 0.561. The lowest BCUT2D eigenvalue weighted by Gasteiger charge is -2.37. The highest BCUT2D eigenvalue weighted by atomic mass is 19.4. The number of alkyl halides is 3. The second-order valence-electron chi connectivity index (χ2n) is 5.30. The van der Waals surface area contributed by atoms with Crippen LogP contribution >= 0.6 is 0 Å². The van der Waals surface area contributed by atoms with E-state index in [1.54, 1.807) is 12.1 Å². The van der Waals surface area contributed by atoms with Crippen molar-refractivity contribution in [3.63, 3.8) is 0 Å². The number of benzene rings is 1. The Morgan fingerprint density at radius 3 is 2.21 bits per heavy atom. The summed E-state index contributed by atoms with van der Waals surface area (Å²) in [5.74, 6) is 1.30. The molecule has 1 fully saturated rings. The van der Waals surface area contributed by atoms with Crippen LogP contribution in [0.4, 0.5) is 13.2 Å². The van der Waals surface area contributed by atoms with Crippen LogP contribution < -0.4 is 5.32 Å². The van der Waals surface area contributed by atoms with Crippen LogP contribution in [-0.4, -0.2) is 13.1 Å². The summed E-state index contributed by atoms with van der Waals surface area (Å²) >= 11 is 0. The molecule has 0 amide bonds. The predicted molar refractivity (Wildman–Crippen MR) is 69.9 cm³/mol. The van der Waals surface area contributed by atoms with Gasteiger partial charge in [-0.2, -0.15) is 13.2 Å². The SMILES string of the molecule is CCNCC1CCC1Cc1ccc(C(F)(F)F)cc1. The van der Waals surface area contributed by atoms with Crippen LogP contribution in [-0.2, 0) is 12.6 Å². The van der Waals surface area contributed by atoms with E-state index in [0.29, 0.717) is 11.8 Å². The zero-order valence-corrected chi connectivity index (χ0v) is 11.1. The third-order valence-corrected chi connectivity index (χ3v) is 4.01. The average Bonchev–Trinajstić information content (AvgIpc) is 2.35. The zero-order valence-electron chi connectivity index (χ0n) is 11.1. The first-order chi connectivity index (χ1) is 9.00. The Morgan fingerprint density at radius 1 is 1.11 bits per heavy atom. The first-order valence-electron chi connectivity index (χ1n) is 6.87. The maximum atomic E-state index is 12.5. The highest BCUT2D eigenvalue weighted by molar-refractivity contribution is 5.25. The van der Waals surface area contributed by atoms with Crippen LogP contribution in [0.2, 0.25) is 0 Å². The monoisotopic (exact) mass is 271 g/mol. The van der Waals surface area contributed by atoms with Gasteiger partial charge < -0.3 is 5.32 Å². The fourth-order valence-electron chi connectivity index (χ4n) is 2.64. The van der Waals surface area contributed by atoms with Crippen LogP contribution in [0.1, 0.15) is 30.9 Å². The van der Waals surface area contributed by atoms with Crippen molar-refractivity contribution in [2.45, 2.75) is 32.4 Å². The van der Waals surface area contributed by atoms with Gasteiger partial charge in [-0.1, -0.05) is 19.1 Å². The summed E-state index contributed by atoms with van der Waals surface area (Å²) in [4.78, 5) is 0. The molecule has 1 aromatic rings. The third-order valence-electron chi connectivity index (χ3n) is 4.01. The van der Waals surface area contributed by atoms with Gasteiger partial charge in [0.05, 0.1) is 5.56 Å². The normalized spacial score (nSPS) is 23.2. The first kappa shape index (κ1) is 14.4. The van der Waals surface area contributed by atoms with E-state index in [-0.39, 0.29) is 0 Å². The largest absolute Gasteiger partial charge is 0.416 e. The fourth-order valence-corrected chi connectivity index (χ4v) is 2.64. The van der Waals surface area contributed by atoms with Gasteiger partial charge in [0.25, 0.3) is 0 Å². The minimum Gasteiger partial charge on any atom is -0.317 e. The van der Waals surface area contributed by atoms with Gasteiger partial charge in [0.15, 0.2) is 0 Å². The number of rotatable bonds is 5. The molecule has 1 aliphatic carbocycles. The van der Waals surface area contributed by atoms with Gasteiger partial charge in [0.1, 0.15) is 0 Å². The van der Waals surface area contributed by atoms with E-state index in [9.17, 15) is 13.2 Å². The molecule has 0 aromatic heterocycles. The van der Waals surface area contributed by atoms with Gasteiger partial charge in [0, 0.05) is 0 Å². The standard InChI is InChI=1S/C15H20F3N/c1-2-19-10-13-6-5-12(13)9-11-3-7-14(8-4-11)15(16,17)18/h3-4,7-8,12-13,19H,2,5-6,9-10H2,1H3. The highest BCUT2D eigenvalue weighted by Gasteiger charge is 2.32. The molecule has 1 aromatic carbocycles. The quantitative estimate of drug-likeness (QED) is 0.857. The predicted octanol–water partition coefficient (Wildman–Crippen LogP) is 3.88. The topological polar surface area (TPSA) is 12.0 Å². The lowest BCUT2D eigenvalue weighted by Crippen LogP contribution is -2.36. The maximum absolute atomic E-state index is 12.5. The summed E-state index contributed by atoms with van der Waals surface area (Å²) in [6, 6.07) is 5.61. The Labute approximate surface area is 112 Å². The fraction of sp³-hybridized carbons (Fsp3) is 0.600. The Morgan fingerprint density at radius 2 is 1.74 bits per heavy atom. The number of nitrogens with one attached hydrogen (secondary N) is 1. The molecule has 106 valence electrons. The van der Waals surface area contributed by atoms with Gasteiger partial charge in [0.2, 0.25) is 0 Å². The molecular formula is C15H20F3N. The smallest absolute Gasteiger partial charge is 0.317 e. The van der Waals surface area contributed by atoms with Crippen LogP contribution in [0.25, 0.3) is 0 Å². The molecule has 2 atom stereocenters. The molecule has 0 aliphatic heterocycles. The zero-order chi connectivity index (χ0) is 13.9. The van der Waals surface area contributed by atoms with Crippen molar-refractivity contribution in [1.29, 1.82) is 0 Å². The molecule has 1 nitrogen and oxygen atoms in total. The molecule has 4 heteroatoms. The molecule has 0 radical (unpaired) electrons. The van der Waals surface area contributed by atoms with Crippen molar-refractivity contribution in [3.8, 4) is 0 Å². The van der Waals surface area contributed by atoms with Crippen molar-refractivity contribution in [2.24, 2.45) is 11.8 Å². The van der Waals surface area contributed by atoms with Gasteiger partial charge in [-0.15, -0.1) is 0 Å². The molecule has 1 saturated carbocycles. The summed E-state index contributed by atoms with van der Waals surface area (Å²) in [6.07, 6.45) is -0.911. The molecule has 2 unspecified atom stereocenters. The van der Waals surface area contributed by atoms with Gasteiger partial charge in [-0.3, -0.25) is 0 Å². The van der Waals surface area contributed by atoms with Crippen LogP contribution in [0.5, 0.6) is 0 Å². The van der Waals surface area contributed by atoms with E-state index >= 15 is 0 Å². The van der Waals surface area contributed by atoms with Crippen molar-refractivity contribution in [3.05, 3.63) is 35.4 Å². The first-order valence-corrected chi connectivity index (χ1v) is 6.87. The average molecular weight is 271 g/mol. The Bertz CT molecular complexity index is 397. The molecule has 1 N–H and O–H groups in total. The Kier molecular flexibility index (Phi) is 4.50. The number of hydrogen-bond donors (Lipinski definition) is 1. The maximum Gasteiger partial charge on any atom is 0.416 e.